The van der Waals surface area contributed by atoms with Crippen molar-refractivity contribution in [1.82, 2.24) is 0 Å². The SMILES string of the molecule is COc1ccc(N(CC(=O)Nc2ccc(NC(C)=O)cc2)S(=O)(=O)c2ccc(OC)c(OC)c2)cc1. The molecule has 3 aromatic rings. The number of benzene rings is 3. The highest BCUT2D eigenvalue weighted by atomic mass is 32.2. The fourth-order valence-electron chi connectivity index (χ4n) is 3.34. The number of hydrogen-bond donors (Lipinski definition) is 2. The first-order chi connectivity index (χ1) is 17.2. The van der Waals surface area contributed by atoms with Gasteiger partial charge in [-0.2, -0.15) is 0 Å². The number of carbonyl (C=O) groups is 2. The minimum atomic E-state index is -4.19. The van der Waals surface area contributed by atoms with Crippen molar-refractivity contribution < 1.29 is 32.2 Å². The van der Waals surface area contributed by atoms with E-state index >= 15 is 0 Å². The topological polar surface area (TPSA) is 123 Å². The summed E-state index contributed by atoms with van der Waals surface area (Å²) >= 11 is 0. The maximum atomic E-state index is 13.7. The maximum Gasteiger partial charge on any atom is 0.264 e. The van der Waals surface area contributed by atoms with Gasteiger partial charge in [-0.3, -0.25) is 13.9 Å². The fraction of sp³-hybridized carbons (Fsp3) is 0.200. The zero-order valence-corrected chi connectivity index (χ0v) is 21.1. The van der Waals surface area contributed by atoms with Gasteiger partial charge in [-0.05, 0) is 60.7 Å². The fourth-order valence-corrected chi connectivity index (χ4v) is 4.78. The van der Waals surface area contributed by atoms with Crippen LogP contribution in [0.1, 0.15) is 6.92 Å². The van der Waals surface area contributed by atoms with E-state index in [-0.39, 0.29) is 22.2 Å². The highest BCUT2D eigenvalue weighted by Gasteiger charge is 2.28. The summed E-state index contributed by atoms with van der Waals surface area (Å²) in [4.78, 5) is 24.0. The van der Waals surface area contributed by atoms with Crippen LogP contribution in [-0.4, -0.2) is 48.1 Å². The molecule has 0 atom stereocenters. The Balaban J connectivity index is 1.92. The van der Waals surface area contributed by atoms with Gasteiger partial charge < -0.3 is 24.8 Å². The monoisotopic (exact) mass is 513 g/mol. The van der Waals surface area contributed by atoms with Gasteiger partial charge >= 0.3 is 0 Å². The van der Waals surface area contributed by atoms with Gasteiger partial charge in [0.25, 0.3) is 10.0 Å². The lowest BCUT2D eigenvalue weighted by atomic mass is 10.2. The average Bonchev–Trinajstić information content (AvgIpc) is 2.87. The van der Waals surface area contributed by atoms with Crippen molar-refractivity contribution >= 4 is 38.9 Å². The molecule has 3 aromatic carbocycles. The third-order valence-corrected chi connectivity index (χ3v) is 6.85. The van der Waals surface area contributed by atoms with Gasteiger partial charge in [-0.1, -0.05) is 0 Å². The number of methoxy groups -OCH3 is 3. The quantitative estimate of drug-likeness (QED) is 0.425. The molecule has 0 fully saturated rings. The van der Waals surface area contributed by atoms with E-state index in [1.165, 1.54) is 46.5 Å². The Labute approximate surface area is 209 Å². The number of sulfonamides is 1. The van der Waals surface area contributed by atoms with Crippen LogP contribution in [0.25, 0.3) is 0 Å². The maximum absolute atomic E-state index is 13.7. The summed E-state index contributed by atoms with van der Waals surface area (Å²) in [5, 5.41) is 5.32. The number of anilines is 3. The van der Waals surface area contributed by atoms with Crippen LogP contribution in [0.4, 0.5) is 17.1 Å². The molecule has 3 rings (SSSR count). The summed E-state index contributed by atoms with van der Waals surface area (Å²) < 4.78 is 43.9. The normalized spacial score (nSPS) is 10.8. The molecule has 36 heavy (non-hydrogen) atoms. The van der Waals surface area contributed by atoms with E-state index in [1.807, 2.05) is 0 Å². The Morgan fingerprint density at radius 3 is 1.89 bits per heavy atom. The van der Waals surface area contributed by atoms with E-state index in [9.17, 15) is 18.0 Å². The molecule has 0 aliphatic carbocycles. The molecule has 0 bridgehead atoms. The molecule has 0 saturated heterocycles. The molecule has 10 nitrogen and oxygen atoms in total. The molecule has 190 valence electrons. The zero-order valence-electron chi connectivity index (χ0n) is 20.3. The van der Waals surface area contributed by atoms with E-state index in [0.29, 0.717) is 22.9 Å². The third kappa shape index (κ3) is 6.25. The van der Waals surface area contributed by atoms with E-state index in [4.69, 9.17) is 14.2 Å². The number of rotatable bonds is 10. The van der Waals surface area contributed by atoms with E-state index in [0.717, 1.165) is 4.31 Å². The van der Waals surface area contributed by atoms with Crippen LogP contribution in [0, 0.1) is 0 Å². The van der Waals surface area contributed by atoms with Gasteiger partial charge in [0.05, 0.1) is 31.9 Å². The predicted octanol–water partition coefficient (Wildman–Crippen LogP) is 3.50. The lowest BCUT2D eigenvalue weighted by Crippen LogP contribution is -2.38. The highest BCUT2D eigenvalue weighted by Crippen LogP contribution is 2.32. The lowest BCUT2D eigenvalue weighted by molar-refractivity contribution is -0.115. The molecule has 0 aromatic heterocycles. The molecule has 2 amide bonds. The molecule has 0 saturated carbocycles. The molecular weight excluding hydrogens is 486 g/mol. The van der Waals surface area contributed by atoms with Gasteiger partial charge in [-0.25, -0.2) is 8.42 Å². The van der Waals surface area contributed by atoms with Crippen molar-refractivity contribution in [3.63, 3.8) is 0 Å². The molecule has 11 heteroatoms. The Kier molecular flexibility index (Phi) is 8.38. The van der Waals surface area contributed by atoms with Crippen molar-refractivity contribution in [3.8, 4) is 17.2 Å². The van der Waals surface area contributed by atoms with E-state index in [1.54, 1.807) is 48.5 Å². The number of carbonyl (C=O) groups excluding carboxylic acids is 2. The predicted molar refractivity (Wildman–Crippen MR) is 136 cm³/mol. The van der Waals surface area contributed by atoms with Crippen molar-refractivity contribution in [2.24, 2.45) is 0 Å². The van der Waals surface area contributed by atoms with Crippen LogP contribution in [-0.2, 0) is 19.6 Å². The summed E-state index contributed by atoms with van der Waals surface area (Å²) in [5.74, 6) is 0.347. The minimum Gasteiger partial charge on any atom is -0.497 e. The molecule has 0 radical (unpaired) electrons. The second-order valence-corrected chi connectivity index (χ2v) is 9.40. The molecule has 0 spiro atoms. The zero-order chi connectivity index (χ0) is 26.3. The first-order valence-corrected chi connectivity index (χ1v) is 12.2. The first kappa shape index (κ1) is 26.4. The Bertz CT molecular complexity index is 1320. The summed E-state index contributed by atoms with van der Waals surface area (Å²) in [6.07, 6.45) is 0. The summed E-state index contributed by atoms with van der Waals surface area (Å²) in [6, 6.07) is 16.9. The first-order valence-electron chi connectivity index (χ1n) is 10.7. The second kappa shape index (κ2) is 11.5. The van der Waals surface area contributed by atoms with E-state index in [2.05, 4.69) is 10.6 Å². The van der Waals surface area contributed by atoms with Crippen molar-refractivity contribution in [2.45, 2.75) is 11.8 Å². The Hall–Kier alpha value is -4.25. The molecular formula is C25H27N3O7S. The van der Waals surface area contributed by atoms with Gasteiger partial charge in [0.2, 0.25) is 11.8 Å². The van der Waals surface area contributed by atoms with Gasteiger partial charge in [-0.15, -0.1) is 0 Å². The van der Waals surface area contributed by atoms with Crippen LogP contribution < -0.4 is 29.1 Å². The third-order valence-electron chi connectivity index (χ3n) is 5.08. The number of nitrogens with zero attached hydrogens (tertiary/aromatic N) is 1. The average molecular weight is 514 g/mol. The van der Waals surface area contributed by atoms with Crippen molar-refractivity contribution in [2.75, 3.05) is 42.8 Å². The molecule has 0 unspecified atom stereocenters. The van der Waals surface area contributed by atoms with Crippen LogP contribution in [0.2, 0.25) is 0 Å². The van der Waals surface area contributed by atoms with Gasteiger partial charge in [0.15, 0.2) is 11.5 Å². The summed E-state index contributed by atoms with van der Waals surface area (Å²) in [5.41, 5.74) is 1.27. The second-order valence-electron chi connectivity index (χ2n) is 7.53. The van der Waals surface area contributed by atoms with Gasteiger partial charge in [0.1, 0.15) is 12.3 Å². The van der Waals surface area contributed by atoms with E-state index < -0.39 is 22.5 Å². The smallest absolute Gasteiger partial charge is 0.264 e. The van der Waals surface area contributed by atoms with Crippen molar-refractivity contribution in [1.29, 1.82) is 0 Å². The van der Waals surface area contributed by atoms with Crippen LogP contribution in [0.5, 0.6) is 17.2 Å². The van der Waals surface area contributed by atoms with Crippen LogP contribution in [0.3, 0.4) is 0 Å². The van der Waals surface area contributed by atoms with Gasteiger partial charge in [0, 0.05) is 24.4 Å². The largest absolute Gasteiger partial charge is 0.497 e. The highest BCUT2D eigenvalue weighted by molar-refractivity contribution is 7.92. The standard InChI is InChI=1S/C25H27N3O7S/c1-17(29)26-18-5-7-19(8-6-18)27-25(30)16-28(20-9-11-21(33-2)12-10-20)36(31,32)22-13-14-23(34-3)24(15-22)35-4/h5-15H,16H2,1-4H3,(H,26,29)(H,27,30). The Morgan fingerprint density at radius 1 is 0.778 bits per heavy atom. The number of ether oxygens (including phenoxy) is 3. The molecule has 0 heterocycles. The molecule has 2 N–H and O–H groups in total. The van der Waals surface area contributed by atoms with Crippen LogP contribution >= 0.6 is 0 Å². The number of amides is 2. The summed E-state index contributed by atoms with van der Waals surface area (Å²) in [6.45, 7) is 0.888. The summed E-state index contributed by atoms with van der Waals surface area (Å²) in [7, 11) is 0.158. The Morgan fingerprint density at radius 2 is 1.36 bits per heavy atom. The molecule has 0 aliphatic rings. The molecule has 0 aliphatic heterocycles. The minimum absolute atomic E-state index is 0.0802. The van der Waals surface area contributed by atoms with Crippen molar-refractivity contribution in [3.05, 3.63) is 66.7 Å². The number of hydrogen-bond acceptors (Lipinski definition) is 7. The van der Waals surface area contributed by atoms with Crippen LogP contribution in [0.15, 0.2) is 71.6 Å². The lowest BCUT2D eigenvalue weighted by Gasteiger charge is -2.24. The number of nitrogens with one attached hydrogen (secondary N) is 2.